The number of rotatable bonds is 5. The summed E-state index contributed by atoms with van der Waals surface area (Å²) in [6.07, 6.45) is 0.691. The molecule has 0 spiro atoms. The van der Waals surface area contributed by atoms with Crippen LogP contribution in [0.5, 0.6) is 0 Å². The number of nitrogens with one attached hydrogen (secondary N) is 1. The topological polar surface area (TPSA) is 77.0 Å². The molecule has 6 heteroatoms. The predicted octanol–water partition coefficient (Wildman–Crippen LogP) is 1.98. The second-order valence-electron chi connectivity index (χ2n) is 4.31. The van der Waals surface area contributed by atoms with Gasteiger partial charge in [-0.15, -0.1) is 0 Å². The molecule has 0 bridgehead atoms. The van der Waals surface area contributed by atoms with Crippen LogP contribution in [-0.2, 0) is 6.42 Å². The van der Waals surface area contributed by atoms with E-state index < -0.39 is 0 Å². The van der Waals surface area contributed by atoms with Crippen molar-refractivity contribution < 1.29 is 4.52 Å². The minimum absolute atomic E-state index is 0.422. The van der Waals surface area contributed by atoms with Gasteiger partial charge in [-0.25, -0.2) is 0 Å². The average molecular weight is 276 g/mol. The van der Waals surface area contributed by atoms with Gasteiger partial charge in [0.25, 0.3) is 0 Å². The molecule has 0 aliphatic carbocycles. The molecule has 1 aromatic heterocycles. The number of aryl methyl sites for hydroxylation is 2. The first-order valence-corrected chi connectivity index (χ1v) is 6.40. The summed E-state index contributed by atoms with van der Waals surface area (Å²) in [5, 5.41) is 7.04. The van der Waals surface area contributed by atoms with Crippen LogP contribution in [0.1, 0.15) is 22.8 Å². The van der Waals surface area contributed by atoms with E-state index in [-0.39, 0.29) is 0 Å². The van der Waals surface area contributed by atoms with Gasteiger partial charge < -0.3 is 15.6 Å². The fourth-order valence-corrected chi connectivity index (χ4v) is 2.03. The number of thiocarbonyl (C=S) groups is 1. The van der Waals surface area contributed by atoms with E-state index in [2.05, 4.69) is 15.5 Å². The second kappa shape index (κ2) is 5.79. The zero-order valence-corrected chi connectivity index (χ0v) is 11.8. The Morgan fingerprint density at radius 2 is 2.21 bits per heavy atom. The highest BCUT2D eigenvalue weighted by molar-refractivity contribution is 7.80. The van der Waals surface area contributed by atoms with Crippen molar-refractivity contribution in [1.29, 1.82) is 0 Å². The summed E-state index contributed by atoms with van der Waals surface area (Å²) in [5.41, 5.74) is 8.62. The molecule has 3 N–H and O–H groups in total. The van der Waals surface area contributed by atoms with Gasteiger partial charge in [0.05, 0.1) is 0 Å². The molecule has 100 valence electrons. The van der Waals surface area contributed by atoms with Crippen LogP contribution in [0.25, 0.3) is 0 Å². The van der Waals surface area contributed by atoms with Crippen LogP contribution in [0.3, 0.4) is 0 Å². The molecule has 0 saturated carbocycles. The average Bonchev–Trinajstić information content (AvgIpc) is 2.75. The van der Waals surface area contributed by atoms with Crippen LogP contribution >= 0.6 is 12.2 Å². The Labute approximate surface area is 117 Å². The van der Waals surface area contributed by atoms with E-state index in [9.17, 15) is 0 Å². The summed E-state index contributed by atoms with van der Waals surface area (Å²) >= 11 is 4.98. The summed E-state index contributed by atoms with van der Waals surface area (Å²) in [4.78, 5) is 4.57. The Kier molecular flexibility index (Phi) is 4.11. The van der Waals surface area contributed by atoms with Crippen LogP contribution in [0.2, 0.25) is 0 Å². The van der Waals surface area contributed by atoms with Crippen molar-refractivity contribution in [3.8, 4) is 0 Å². The fourth-order valence-electron chi connectivity index (χ4n) is 1.81. The third-order valence-electron chi connectivity index (χ3n) is 2.73. The summed E-state index contributed by atoms with van der Waals surface area (Å²) in [6, 6.07) is 5.91. The molecule has 0 amide bonds. The van der Waals surface area contributed by atoms with E-state index in [1.807, 2.05) is 25.1 Å². The lowest BCUT2D eigenvalue weighted by molar-refractivity contribution is 0.377. The SMILES string of the molecule is Cc1noc(CCNc2ccc(C(N)=S)c(C)c2)n1. The monoisotopic (exact) mass is 276 g/mol. The van der Waals surface area contributed by atoms with E-state index in [1.54, 1.807) is 6.92 Å². The minimum Gasteiger partial charge on any atom is -0.389 e. The molecular formula is C13H16N4OS. The van der Waals surface area contributed by atoms with E-state index in [0.717, 1.165) is 23.4 Å². The standard InChI is InChI=1S/C13H16N4OS/c1-8-7-10(3-4-11(8)13(14)19)15-6-5-12-16-9(2)17-18-12/h3-4,7,15H,5-6H2,1-2H3,(H2,14,19). The van der Waals surface area contributed by atoms with Gasteiger partial charge in [0.2, 0.25) is 5.89 Å². The normalized spacial score (nSPS) is 10.4. The molecule has 0 aliphatic heterocycles. The Hall–Kier alpha value is -1.95. The van der Waals surface area contributed by atoms with Crippen LogP contribution in [0, 0.1) is 13.8 Å². The minimum atomic E-state index is 0.422. The number of hydrogen-bond acceptors (Lipinski definition) is 5. The highest BCUT2D eigenvalue weighted by Gasteiger charge is 2.04. The molecule has 1 aromatic carbocycles. The Balaban J connectivity index is 1.93. The highest BCUT2D eigenvalue weighted by Crippen LogP contribution is 2.15. The predicted molar refractivity (Wildman–Crippen MR) is 78.3 cm³/mol. The fraction of sp³-hybridized carbons (Fsp3) is 0.308. The first-order valence-electron chi connectivity index (χ1n) is 6.00. The number of anilines is 1. The van der Waals surface area contributed by atoms with Crippen molar-refractivity contribution in [2.24, 2.45) is 5.73 Å². The summed E-state index contributed by atoms with van der Waals surface area (Å²) in [5.74, 6) is 1.30. The Morgan fingerprint density at radius 3 is 2.79 bits per heavy atom. The molecule has 0 fully saturated rings. The van der Waals surface area contributed by atoms with Crippen molar-refractivity contribution >= 4 is 22.9 Å². The van der Waals surface area contributed by atoms with Crippen molar-refractivity contribution in [2.75, 3.05) is 11.9 Å². The van der Waals surface area contributed by atoms with Gasteiger partial charge in [-0.2, -0.15) is 4.98 Å². The van der Waals surface area contributed by atoms with Crippen molar-refractivity contribution in [1.82, 2.24) is 10.1 Å². The van der Waals surface area contributed by atoms with Crippen LogP contribution < -0.4 is 11.1 Å². The third-order valence-corrected chi connectivity index (χ3v) is 2.95. The molecule has 0 aliphatic rings. The van der Waals surface area contributed by atoms with Gasteiger partial charge in [0.15, 0.2) is 5.82 Å². The van der Waals surface area contributed by atoms with Gasteiger partial charge in [-0.1, -0.05) is 17.4 Å². The molecule has 2 aromatic rings. The first-order chi connectivity index (χ1) is 9.06. The summed E-state index contributed by atoms with van der Waals surface area (Å²) in [6.45, 7) is 4.52. The van der Waals surface area contributed by atoms with E-state index >= 15 is 0 Å². The lowest BCUT2D eigenvalue weighted by Gasteiger charge is -2.08. The van der Waals surface area contributed by atoms with Crippen LogP contribution in [0.4, 0.5) is 5.69 Å². The summed E-state index contributed by atoms with van der Waals surface area (Å²) in [7, 11) is 0. The third kappa shape index (κ3) is 3.51. The maximum Gasteiger partial charge on any atom is 0.228 e. The highest BCUT2D eigenvalue weighted by atomic mass is 32.1. The van der Waals surface area contributed by atoms with Gasteiger partial charge in [0, 0.05) is 24.2 Å². The van der Waals surface area contributed by atoms with Crippen molar-refractivity contribution in [3.05, 3.63) is 41.0 Å². The molecule has 0 saturated heterocycles. The zero-order chi connectivity index (χ0) is 13.8. The number of nitrogens with two attached hydrogens (primary N) is 1. The molecule has 0 unspecified atom stereocenters. The summed E-state index contributed by atoms with van der Waals surface area (Å²) < 4.78 is 5.04. The van der Waals surface area contributed by atoms with Gasteiger partial charge in [-0.05, 0) is 37.6 Å². The Morgan fingerprint density at radius 1 is 1.42 bits per heavy atom. The molecule has 0 radical (unpaired) electrons. The molecule has 1 heterocycles. The second-order valence-corrected chi connectivity index (χ2v) is 4.75. The molecule has 19 heavy (non-hydrogen) atoms. The quantitative estimate of drug-likeness (QED) is 0.813. The van der Waals surface area contributed by atoms with Crippen molar-refractivity contribution in [3.63, 3.8) is 0 Å². The molecular weight excluding hydrogens is 260 g/mol. The van der Waals surface area contributed by atoms with E-state index in [1.165, 1.54) is 0 Å². The number of aromatic nitrogens is 2. The number of benzene rings is 1. The number of nitrogens with zero attached hydrogens (tertiary/aromatic N) is 2. The van der Waals surface area contributed by atoms with Gasteiger partial charge in [0.1, 0.15) is 4.99 Å². The molecule has 5 nitrogen and oxygen atoms in total. The van der Waals surface area contributed by atoms with Crippen molar-refractivity contribution in [2.45, 2.75) is 20.3 Å². The first kappa shape index (κ1) is 13.5. The zero-order valence-electron chi connectivity index (χ0n) is 10.9. The smallest absolute Gasteiger partial charge is 0.228 e. The largest absolute Gasteiger partial charge is 0.389 e. The van der Waals surface area contributed by atoms with Crippen LogP contribution in [0.15, 0.2) is 22.7 Å². The van der Waals surface area contributed by atoms with Crippen LogP contribution in [-0.4, -0.2) is 21.7 Å². The van der Waals surface area contributed by atoms with Gasteiger partial charge >= 0.3 is 0 Å². The molecule has 0 atom stereocenters. The number of hydrogen-bond donors (Lipinski definition) is 2. The van der Waals surface area contributed by atoms with E-state index in [4.69, 9.17) is 22.5 Å². The maximum atomic E-state index is 5.63. The lowest BCUT2D eigenvalue weighted by Crippen LogP contribution is -2.12. The maximum absolute atomic E-state index is 5.63. The molecule has 2 rings (SSSR count). The Bertz CT molecular complexity index is 594. The van der Waals surface area contributed by atoms with E-state index in [0.29, 0.717) is 23.1 Å². The lowest BCUT2D eigenvalue weighted by atomic mass is 10.1. The van der Waals surface area contributed by atoms with Gasteiger partial charge in [-0.3, -0.25) is 0 Å².